The van der Waals surface area contributed by atoms with E-state index in [1.807, 2.05) is 12.1 Å². The molecule has 0 saturated carbocycles. The standard InChI is InChI=1S/C32H35N3O7/c1-34(2)26-21-14-18-13-20-19(17-7-5-16(6-8-17)15-35-11-3-4-12-35)9-10-22(36)24(20)27(37)23(18)29(39)32(21,42)30(40)25(28(26)38)31(33)41/h5-10,18,21,26,36,38-39,42H,3-4,11-15H2,1-2H3,(H2,33,41)/t18-,21-,26?,32+/m1/s1. The molecule has 0 spiro atoms. The van der Waals surface area contributed by atoms with Gasteiger partial charge in [-0.1, -0.05) is 30.3 Å². The summed E-state index contributed by atoms with van der Waals surface area (Å²) in [5, 5.41) is 45.0. The third kappa shape index (κ3) is 4.08. The summed E-state index contributed by atoms with van der Waals surface area (Å²) in [5.41, 5.74) is 5.21. The van der Waals surface area contributed by atoms with E-state index in [-0.39, 0.29) is 29.7 Å². The predicted octanol–water partition coefficient (Wildman–Crippen LogP) is 2.38. The summed E-state index contributed by atoms with van der Waals surface area (Å²) in [6.45, 7) is 3.05. The summed E-state index contributed by atoms with van der Waals surface area (Å²) in [7, 11) is 3.22. The van der Waals surface area contributed by atoms with Gasteiger partial charge in [0.25, 0.3) is 5.91 Å². The third-order valence-electron chi connectivity index (χ3n) is 9.48. The highest BCUT2D eigenvalue weighted by molar-refractivity contribution is 6.24. The lowest BCUT2D eigenvalue weighted by molar-refractivity contribution is -0.148. The fourth-order valence-electron chi connectivity index (χ4n) is 7.51. The quantitative estimate of drug-likeness (QED) is 0.338. The van der Waals surface area contributed by atoms with Gasteiger partial charge in [0, 0.05) is 18.0 Å². The second-order valence-electron chi connectivity index (χ2n) is 12.1. The van der Waals surface area contributed by atoms with Crippen molar-refractivity contribution < 1.29 is 34.8 Å². The first-order chi connectivity index (χ1) is 19.9. The number of benzene rings is 2. The number of hydrogen-bond donors (Lipinski definition) is 5. The van der Waals surface area contributed by atoms with E-state index in [2.05, 4.69) is 17.0 Å². The fourth-order valence-corrected chi connectivity index (χ4v) is 7.51. The number of likely N-dealkylation sites (tertiary alicyclic amines) is 1. The first-order valence-corrected chi connectivity index (χ1v) is 14.3. The van der Waals surface area contributed by atoms with Crippen LogP contribution in [0.25, 0.3) is 11.1 Å². The lowest BCUT2D eigenvalue weighted by Gasteiger charge is -2.50. The number of nitrogens with two attached hydrogens (primary N) is 1. The molecule has 10 nitrogen and oxygen atoms in total. The zero-order chi connectivity index (χ0) is 30.1. The topological polar surface area (TPSA) is 165 Å². The van der Waals surface area contributed by atoms with Crippen molar-refractivity contribution in [1.82, 2.24) is 9.80 Å². The van der Waals surface area contributed by atoms with Gasteiger partial charge in [0.1, 0.15) is 22.8 Å². The van der Waals surface area contributed by atoms with Crippen LogP contribution < -0.4 is 5.73 Å². The van der Waals surface area contributed by atoms with Crippen molar-refractivity contribution in [1.29, 1.82) is 0 Å². The maximum atomic E-state index is 14.0. The molecule has 220 valence electrons. The van der Waals surface area contributed by atoms with E-state index in [0.29, 0.717) is 5.56 Å². The number of nitrogens with zero attached hydrogens (tertiary/aromatic N) is 2. The summed E-state index contributed by atoms with van der Waals surface area (Å²) in [5.74, 6) is -6.58. The van der Waals surface area contributed by atoms with Crippen LogP contribution in [0.3, 0.4) is 0 Å². The first kappa shape index (κ1) is 28.1. The summed E-state index contributed by atoms with van der Waals surface area (Å²) in [4.78, 5) is 43.5. The Kier molecular flexibility index (Phi) is 6.75. The third-order valence-corrected chi connectivity index (χ3v) is 9.48. The number of aliphatic hydroxyl groups is 3. The van der Waals surface area contributed by atoms with Crippen molar-refractivity contribution >= 4 is 17.5 Å². The Morgan fingerprint density at radius 2 is 1.71 bits per heavy atom. The van der Waals surface area contributed by atoms with Crippen LogP contribution in [-0.4, -0.2) is 86.5 Å². The van der Waals surface area contributed by atoms with Crippen molar-refractivity contribution in [2.75, 3.05) is 27.2 Å². The molecule has 1 fully saturated rings. The molecular weight excluding hydrogens is 538 g/mol. The van der Waals surface area contributed by atoms with Crippen molar-refractivity contribution in [3.63, 3.8) is 0 Å². The molecule has 1 unspecified atom stereocenters. The summed E-state index contributed by atoms with van der Waals surface area (Å²) in [6, 6.07) is 10.3. The minimum absolute atomic E-state index is 0.00873. The van der Waals surface area contributed by atoms with Gasteiger partial charge in [-0.25, -0.2) is 0 Å². The number of fused-ring (bicyclic) bond motifs is 3. The lowest BCUT2D eigenvalue weighted by Crippen LogP contribution is -2.63. The molecule has 6 rings (SSSR count). The van der Waals surface area contributed by atoms with E-state index in [1.54, 1.807) is 20.2 Å². The Hall–Kier alpha value is -3.99. The number of primary amides is 1. The minimum Gasteiger partial charge on any atom is -0.510 e. The van der Waals surface area contributed by atoms with Crippen LogP contribution >= 0.6 is 0 Å². The number of aromatic hydroxyl groups is 1. The van der Waals surface area contributed by atoms with Gasteiger partial charge in [-0.15, -0.1) is 0 Å². The number of ketones is 2. The fraction of sp³-hybridized carbons (Fsp3) is 0.406. The molecule has 1 aliphatic heterocycles. The van der Waals surface area contributed by atoms with Crippen LogP contribution in [0.4, 0.5) is 0 Å². The number of Topliss-reactive ketones (excluding diaryl/α,β-unsaturated/α-hetero) is 2. The Morgan fingerprint density at radius 1 is 1.05 bits per heavy atom. The van der Waals surface area contributed by atoms with Crippen LogP contribution in [0.15, 0.2) is 59.1 Å². The van der Waals surface area contributed by atoms with Gasteiger partial charge in [-0.2, -0.15) is 0 Å². The Labute approximate surface area is 243 Å². The molecule has 6 N–H and O–H groups in total. The normalized spacial score (nSPS) is 27.8. The van der Waals surface area contributed by atoms with Crippen molar-refractivity contribution in [2.45, 2.75) is 43.9 Å². The van der Waals surface area contributed by atoms with E-state index in [4.69, 9.17) is 5.73 Å². The van der Waals surface area contributed by atoms with Crippen LogP contribution in [0.5, 0.6) is 5.75 Å². The number of hydrogen-bond acceptors (Lipinski definition) is 9. The van der Waals surface area contributed by atoms with E-state index < -0.39 is 58.0 Å². The van der Waals surface area contributed by atoms with Gasteiger partial charge in [-0.3, -0.25) is 24.2 Å². The minimum atomic E-state index is -2.65. The highest BCUT2D eigenvalue weighted by Crippen LogP contribution is 2.53. The van der Waals surface area contributed by atoms with Crippen molar-refractivity contribution in [2.24, 2.45) is 17.6 Å². The van der Waals surface area contributed by atoms with E-state index in [9.17, 15) is 34.8 Å². The second kappa shape index (κ2) is 10.1. The molecule has 1 amide bonds. The number of phenols is 1. The molecule has 0 aromatic heterocycles. The van der Waals surface area contributed by atoms with Gasteiger partial charge in [0.15, 0.2) is 11.4 Å². The van der Waals surface area contributed by atoms with Crippen LogP contribution in [-0.2, 0) is 22.6 Å². The summed E-state index contributed by atoms with van der Waals surface area (Å²) < 4.78 is 0. The molecule has 4 aliphatic rings. The number of aliphatic hydroxyl groups excluding tert-OH is 2. The van der Waals surface area contributed by atoms with E-state index in [0.717, 1.165) is 30.8 Å². The molecule has 3 aliphatic carbocycles. The lowest BCUT2D eigenvalue weighted by atomic mass is 9.58. The SMILES string of the molecule is CN(C)C1C(O)=C(C(N)=O)C(=O)[C@@]2(O)C(O)=C3C(=O)c4c(O)ccc(-c5ccc(CN6CCCC6)cc5)c4C[C@@H]3C[C@H]12. The van der Waals surface area contributed by atoms with Gasteiger partial charge in [0.2, 0.25) is 5.78 Å². The van der Waals surface area contributed by atoms with Crippen molar-refractivity contribution in [3.8, 4) is 16.9 Å². The number of rotatable bonds is 5. The van der Waals surface area contributed by atoms with Crippen LogP contribution in [0.2, 0.25) is 0 Å². The highest BCUT2D eigenvalue weighted by atomic mass is 16.3. The average Bonchev–Trinajstić information content (AvgIpc) is 3.44. The Morgan fingerprint density at radius 3 is 2.33 bits per heavy atom. The number of carbonyl (C=O) groups is 3. The van der Waals surface area contributed by atoms with Crippen LogP contribution in [0.1, 0.15) is 40.7 Å². The van der Waals surface area contributed by atoms with Gasteiger partial charge < -0.3 is 26.2 Å². The van der Waals surface area contributed by atoms with E-state index >= 15 is 0 Å². The molecule has 10 heteroatoms. The molecule has 1 heterocycles. The molecule has 2 aromatic carbocycles. The zero-order valence-electron chi connectivity index (χ0n) is 23.6. The van der Waals surface area contributed by atoms with Crippen LogP contribution in [0, 0.1) is 11.8 Å². The molecule has 1 saturated heterocycles. The molecular formula is C32H35N3O7. The Bertz CT molecular complexity index is 1570. The monoisotopic (exact) mass is 573 g/mol. The number of allylic oxidation sites excluding steroid dienone is 1. The predicted molar refractivity (Wildman–Crippen MR) is 154 cm³/mol. The average molecular weight is 574 g/mol. The van der Waals surface area contributed by atoms with Gasteiger partial charge in [-0.05, 0) is 87.1 Å². The molecule has 4 atom stereocenters. The maximum Gasteiger partial charge on any atom is 0.255 e. The molecule has 0 radical (unpaired) electrons. The molecule has 2 aromatic rings. The number of carbonyl (C=O) groups excluding carboxylic acids is 3. The first-order valence-electron chi connectivity index (χ1n) is 14.3. The van der Waals surface area contributed by atoms with Gasteiger partial charge in [0.05, 0.1) is 11.6 Å². The Balaban J connectivity index is 1.43. The zero-order valence-corrected chi connectivity index (χ0v) is 23.6. The largest absolute Gasteiger partial charge is 0.510 e. The number of phenolic OH excluding ortho intramolecular Hbond substituents is 1. The molecule has 42 heavy (non-hydrogen) atoms. The maximum absolute atomic E-state index is 14.0. The highest BCUT2D eigenvalue weighted by Gasteiger charge is 2.63. The number of amides is 1. The van der Waals surface area contributed by atoms with Gasteiger partial charge >= 0.3 is 0 Å². The second-order valence-corrected chi connectivity index (χ2v) is 12.1. The summed E-state index contributed by atoms with van der Waals surface area (Å²) >= 11 is 0. The number of likely N-dealkylation sites (N-methyl/N-ethyl adjacent to an activating group) is 1. The molecule has 0 bridgehead atoms. The smallest absolute Gasteiger partial charge is 0.255 e. The van der Waals surface area contributed by atoms with Crippen molar-refractivity contribution in [3.05, 3.63) is 75.8 Å². The summed E-state index contributed by atoms with van der Waals surface area (Å²) in [6.07, 6.45) is 2.72. The van der Waals surface area contributed by atoms with E-state index in [1.165, 1.54) is 29.4 Å².